The second-order valence-electron chi connectivity index (χ2n) is 5.69. The lowest BCUT2D eigenvalue weighted by molar-refractivity contribution is -0.0498. The van der Waals surface area contributed by atoms with Gasteiger partial charge >= 0.3 is 6.61 Å². The molecule has 0 unspecified atom stereocenters. The first-order chi connectivity index (χ1) is 12.6. The topological polar surface area (TPSA) is 49.8 Å². The summed E-state index contributed by atoms with van der Waals surface area (Å²) in [5, 5.41) is 3.26. The van der Waals surface area contributed by atoms with Crippen molar-refractivity contribution in [2.45, 2.75) is 26.5 Å². The zero-order chi connectivity index (χ0) is 18.8. The number of alkyl halides is 2. The summed E-state index contributed by atoms with van der Waals surface area (Å²) in [5.74, 6) is 0.943. The number of aliphatic imine (C=N–C) groups is 1. The van der Waals surface area contributed by atoms with Gasteiger partial charge in [-0.05, 0) is 36.8 Å². The van der Waals surface area contributed by atoms with Crippen molar-refractivity contribution in [2.75, 3.05) is 20.1 Å². The third-order valence-electron chi connectivity index (χ3n) is 3.62. The number of halogens is 3. The molecule has 5 nitrogen and oxygen atoms in total. The lowest BCUT2D eigenvalue weighted by Crippen LogP contribution is -2.38. The molecule has 0 aliphatic heterocycles. The van der Waals surface area contributed by atoms with E-state index in [9.17, 15) is 8.78 Å². The van der Waals surface area contributed by atoms with Crippen molar-refractivity contribution in [3.63, 3.8) is 0 Å². The van der Waals surface area contributed by atoms with Gasteiger partial charge in [0.15, 0.2) is 5.96 Å². The smallest absolute Gasteiger partial charge is 0.387 e. The largest absolute Gasteiger partial charge is 0.435 e. The van der Waals surface area contributed by atoms with E-state index >= 15 is 0 Å². The number of nitrogens with zero attached hydrogens (tertiary/aromatic N) is 3. The van der Waals surface area contributed by atoms with Crippen molar-refractivity contribution in [1.82, 2.24) is 15.2 Å². The Labute approximate surface area is 175 Å². The molecule has 1 aromatic carbocycles. The summed E-state index contributed by atoms with van der Waals surface area (Å²) in [4.78, 5) is 10.9. The minimum atomic E-state index is -2.81. The van der Waals surface area contributed by atoms with E-state index in [2.05, 4.69) is 20.0 Å². The predicted molar refractivity (Wildman–Crippen MR) is 114 cm³/mol. The van der Waals surface area contributed by atoms with Gasteiger partial charge in [0.1, 0.15) is 5.75 Å². The molecular formula is C19H25F2IN4O. The second kappa shape index (κ2) is 12.4. The summed E-state index contributed by atoms with van der Waals surface area (Å²) >= 11 is 0. The van der Waals surface area contributed by atoms with Crippen LogP contribution in [0.4, 0.5) is 8.78 Å². The van der Waals surface area contributed by atoms with Gasteiger partial charge in [-0.3, -0.25) is 9.98 Å². The molecule has 0 amide bonds. The third-order valence-corrected chi connectivity index (χ3v) is 3.62. The first-order valence-electron chi connectivity index (χ1n) is 8.51. The molecule has 1 heterocycles. The van der Waals surface area contributed by atoms with Crippen molar-refractivity contribution in [3.8, 4) is 5.75 Å². The molecule has 0 aliphatic carbocycles. The Hall–Kier alpha value is -1.97. The quantitative estimate of drug-likeness (QED) is 0.346. The maximum atomic E-state index is 12.2. The summed E-state index contributed by atoms with van der Waals surface area (Å²) in [6, 6.07) is 12.5. The van der Waals surface area contributed by atoms with E-state index in [-0.39, 0.29) is 29.7 Å². The fourth-order valence-electron chi connectivity index (χ4n) is 2.42. The number of rotatable bonds is 8. The molecule has 0 fully saturated rings. The fraction of sp³-hybridized carbons (Fsp3) is 0.368. The van der Waals surface area contributed by atoms with Crippen LogP contribution in [0.15, 0.2) is 53.7 Å². The molecular weight excluding hydrogens is 465 g/mol. The third kappa shape index (κ3) is 8.51. The van der Waals surface area contributed by atoms with Gasteiger partial charge < -0.3 is 15.0 Å². The summed E-state index contributed by atoms with van der Waals surface area (Å²) < 4.78 is 28.8. The van der Waals surface area contributed by atoms with Crippen LogP contribution in [-0.4, -0.2) is 42.6 Å². The molecule has 27 heavy (non-hydrogen) atoms. The predicted octanol–water partition coefficient (Wildman–Crippen LogP) is 3.94. The van der Waals surface area contributed by atoms with Crippen LogP contribution >= 0.6 is 24.0 Å². The highest BCUT2D eigenvalue weighted by atomic mass is 127. The van der Waals surface area contributed by atoms with Crippen molar-refractivity contribution in [2.24, 2.45) is 4.99 Å². The van der Waals surface area contributed by atoms with Gasteiger partial charge in [0.05, 0.1) is 0 Å². The molecule has 1 aromatic heterocycles. The zero-order valence-electron chi connectivity index (χ0n) is 15.4. The molecule has 0 radical (unpaired) electrons. The van der Waals surface area contributed by atoms with Crippen LogP contribution in [0.5, 0.6) is 5.75 Å². The van der Waals surface area contributed by atoms with Gasteiger partial charge in [-0.1, -0.05) is 18.2 Å². The summed E-state index contributed by atoms with van der Waals surface area (Å²) in [7, 11) is 1.94. The average Bonchev–Trinajstić information content (AvgIpc) is 2.63. The first kappa shape index (κ1) is 23.1. The summed E-state index contributed by atoms with van der Waals surface area (Å²) in [5.41, 5.74) is 1.98. The SMILES string of the molecule is CCNC(=NCCc1ccccn1)N(C)Cc1ccc(OC(F)F)cc1.I. The average molecular weight is 490 g/mol. The highest BCUT2D eigenvalue weighted by molar-refractivity contribution is 14.0. The maximum absolute atomic E-state index is 12.2. The van der Waals surface area contributed by atoms with Crippen LogP contribution in [0.2, 0.25) is 0 Å². The Balaban J connectivity index is 0.00000364. The van der Waals surface area contributed by atoms with E-state index in [0.717, 1.165) is 30.2 Å². The van der Waals surface area contributed by atoms with Gasteiger partial charge in [0.2, 0.25) is 0 Å². The van der Waals surface area contributed by atoms with E-state index in [0.29, 0.717) is 13.1 Å². The molecule has 2 rings (SSSR count). The van der Waals surface area contributed by atoms with E-state index in [1.807, 2.05) is 37.1 Å². The zero-order valence-corrected chi connectivity index (χ0v) is 17.8. The molecule has 0 saturated heterocycles. The number of hydrogen-bond donors (Lipinski definition) is 1. The van der Waals surface area contributed by atoms with Crippen molar-refractivity contribution < 1.29 is 13.5 Å². The first-order valence-corrected chi connectivity index (χ1v) is 8.51. The lowest BCUT2D eigenvalue weighted by Gasteiger charge is -2.22. The molecule has 0 spiro atoms. The van der Waals surface area contributed by atoms with Crippen LogP contribution < -0.4 is 10.1 Å². The monoisotopic (exact) mass is 490 g/mol. The standard InChI is InChI=1S/C19H24F2N4O.HI/c1-3-22-19(24-13-11-16-6-4-5-12-23-16)25(2)14-15-7-9-17(10-8-15)26-18(20)21;/h4-10,12,18H,3,11,13-14H2,1-2H3,(H,22,24);1H. The maximum Gasteiger partial charge on any atom is 0.387 e. The van der Waals surface area contributed by atoms with Crippen molar-refractivity contribution in [3.05, 3.63) is 59.9 Å². The summed E-state index contributed by atoms with van der Waals surface area (Å²) in [6.07, 6.45) is 2.54. The van der Waals surface area contributed by atoms with E-state index in [1.165, 1.54) is 0 Å². The van der Waals surface area contributed by atoms with E-state index < -0.39 is 6.61 Å². The van der Waals surface area contributed by atoms with Gasteiger partial charge in [-0.2, -0.15) is 8.78 Å². The fourth-order valence-corrected chi connectivity index (χ4v) is 2.42. The highest BCUT2D eigenvalue weighted by Crippen LogP contribution is 2.15. The van der Waals surface area contributed by atoms with Crippen molar-refractivity contribution >= 4 is 29.9 Å². The highest BCUT2D eigenvalue weighted by Gasteiger charge is 2.08. The Bertz CT molecular complexity index is 684. The van der Waals surface area contributed by atoms with Gasteiger partial charge in [-0.15, -0.1) is 24.0 Å². The van der Waals surface area contributed by atoms with Crippen molar-refractivity contribution in [1.29, 1.82) is 0 Å². The number of ether oxygens (including phenoxy) is 1. The Morgan fingerprint density at radius 3 is 2.56 bits per heavy atom. The number of nitrogens with one attached hydrogen (secondary N) is 1. The Morgan fingerprint density at radius 1 is 1.22 bits per heavy atom. The molecule has 0 saturated carbocycles. The number of hydrogen-bond acceptors (Lipinski definition) is 3. The lowest BCUT2D eigenvalue weighted by atomic mass is 10.2. The van der Waals surface area contributed by atoms with Crippen LogP contribution in [0.1, 0.15) is 18.2 Å². The molecule has 0 bridgehead atoms. The number of pyridine rings is 1. The number of benzene rings is 1. The summed E-state index contributed by atoms with van der Waals surface area (Å²) in [6.45, 7) is 1.19. The molecule has 1 N–H and O–H groups in total. The molecule has 0 atom stereocenters. The Kier molecular flexibility index (Phi) is 10.6. The van der Waals surface area contributed by atoms with Gasteiger partial charge in [0, 0.05) is 45.0 Å². The number of aromatic nitrogens is 1. The normalized spacial score (nSPS) is 11.1. The molecule has 148 valence electrons. The molecule has 2 aromatic rings. The minimum Gasteiger partial charge on any atom is -0.435 e. The van der Waals surface area contributed by atoms with E-state index in [4.69, 9.17) is 0 Å². The Morgan fingerprint density at radius 2 is 1.96 bits per heavy atom. The minimum absolute atomic E-state index is 0. The van der Waals surface area contributed by atoms with Gasteiger partial charge in [0.25, 0.3) is 0 Å². The van der Waals surface area contributed by atoms with E-state index in [1.54, 1.807) is 30.5 Å². The second-order valence-corrected chi connectivity index (χ2v) is 5.69. The van der Waals surface area contributed by atoms with Crippen LogP contribution in [0.25, 0.3) is 0 Å². The van der Waals surface area contributed by atoms with Gasteiger partial charge in [-0.25, -0.2) is 0 Å². The number of guanidine groups is 1. The van der Waals surface area contributed by atoms with Crippen LogP contribution in [0, 0.1) is 0 Å². The van der Waals surface area contributed by atoms with Crippen LogP contribution in [0.3, 0.4) is 0 Å². The molecule has 8 heteroatoms. The molecule has 0 aliphatic rings. The van der Waals surface area contributed by atoms with Crippen LogP contribution in [-0.2, 0) is 13.0 Å².